The number of anilines is 1. The number of methoxy groups -OCH3 is 1. The van der Waals surface area contributed by atoms with E-state index in [1.165, 1.54) is 41.1 Å². The zero-order valence-corrected chi connectivity index (χ0v) is 22.8. The maximum atomic E-state index is 14.1. The van der Waals surface area contributed by atoms with E-state index in [9.17, 15) is 4.79 Å². The molecular weight excluding hydrogens is 512 g/mol. The fraction of sp³-hybridized carbons (Fsp3) is 0.438. The number of benzene rings is 3. The number of pyridine rings is 1. The maximum Gasteiger partial charge on any atom is 0.231 e. The lowest BCUT2D eigenvalue weighted by Crippen LogP contribution is -3.00. The second kappa shape index (κ2) is 8.14. The van der Waals surface area contributed by atoms with Crippen LogP contribution in [0.25, 0.3) is 32.4 Å². The van der Waals surface area contributed by atoms with E-state index in [4.69, 9.17) is 14.2 Å². The first-order valence-electron chi connectivity index (χ1n) is 14.1. The molecule has 0 radical (unpaired) electrons. The molecule has 10 rings (SSSR count). The molecule has 7 heteroatoms. The van der Waals surface area contributed by atoms with Crippen molar-refractivity contribution in [1.82, 2.24) is 0 Å². The van der Waals surface area contributed by atoms with Gasteiger partial charge in [-0.1, -0.05) is 0 Å². The number of aryl methyl sites for hydroxylation is 2. The van der Waals surface area contributed by atoms with E-state index in [0.29, 0.717) is 0 Å². The Morgan fingerprint density at radius 2 is 1.69 bits per heavy atom. The van der Waals surface area contributed by atoms with E-state index in [1.807, 2.05) is 6.07 Å². The third kappa shape index (κ3) is 3.15. The van der Waals surface area contributed by atoms with Crippen LogP contribution in [0.1, 0.15) is 44.1 Å². The second-order valence-electron chi connectivity index (χ2n) is 12.5. The predicted molar refractivity (Wildman–Crippen MR) is 145 cm³/mol. The zero-order chi connectivity index (χ0) is 25.2. The summed E-state index contributed by atoms with van der Waals surface area (Å²) in [6.07, 6.45) is 10.3. The monoisotopic (exact) mass is 542 g/mol. The van der Waals surface area contributed by atoms with Crippen molar-refractivity contribution in [1.29, 1.82) is 0 Å². The molecule has 3 heterocycles. The van der Waals surface area contributed by atoms with Crippen molar-refractivity contribution in [2.24, 2.45) is 23.2 Å². The Bertz CT molecular complexity index is 1700. The van der Waals surface area contributed by atoms with Crippen LogP contribution in [0.15, 0.2) is 36.5 Å². The fourth-order valence-corrected chi connectivity index (χ4v) is 9.19. The Morgan fingerprint density at radius 3 is 2.44 bits per heavy atom. The van der Waals surface area contributed by atoms with Gasteiger partial charge in [0.2, 0.25) is 18.2 Å². The highest BCUT2D eigenvalue weighted by Gasteiger charge is 2.54. The van der Waals surface area contributed by atoms with Gasteiger partial charge in [-0.25, -0.2) is 0 Å². The summed E-state index contributed by atoms with van der Waals surface area (Å²) in [6.45, 7) is 1.15. The molecule has 6 aliphatic rings. The number of fused-ring (bicyclic) bond motifs is 4. The lowest BCUT2D eigenvalue weighted by molar-refractivity contribution is -0.670. The number of rotatable bonds is 3. The van der Waals surface area contributed by atoms with Gasteiger partial charge in [0.1, 0.15) is 5.75 Å². The van der Waals surface area contributed by atoms with E-state index in [0.717, 1.165) is 89.1 Å². The molecule has 0 atom stereocenters. The molecule has 1 N–H and O–H groups in total. The first-order chi connectivity index (χ1) is 18.6. The van der Waals surface area contributed by atoms with Gasteiger partial charge in [-0.3, -0.25) is 4.79 Å². The number of aromatic nitrogens is 1. The van der Waals surface area contributed by atoms with Crippen molar-refractivity contribution < 1.29 is 36.0 Å². The number of carbonyl (C=O) groups is 1. The van der Waals surface area contributed by atoms with Crippen LogP contribution in [0.2, 0.25) is 0 Å². The Kier molecular flexibility index (Phi) is 4.93. The zero-order valence-electron chi connectivity index (χ0n) is 22.0. The number of halogens is 1. The number of hydrogen-bond acceptors (Lipinski definition) is 4. The van der Waals surface area contributed by atoms with Crippen molar-refractivity contribution in [3.63, 3.8) is 0 Å². The molecule has 4 fully saturated rings. The second-order valence-corrected chi connectivity index (χ2v) is 12.5. The highest BCUT2D eigenvalue weighted by Crippen LogP contribution is 2.60. The average molecular weight is 543 g/mol. The first kappa shape index (κ1) is 23.6. The smallest absolute Gasteiger partial charge is 0.231 e. The molecule has 6 nitrogen and oxygen atoms in total. The summed E-state index contributed by atoms with van der Waals surface area (Å²) in [5.74, 6) is 4.80. The molecule has 1 amide bonds. The molecule has 2 aliphatic heterocycles. The van der Waals surface area contributed by atoms with Gasteiger partial charge in [0, 0.05) is 17.2 Å². The van der Waals surface area contributed by atoms with Crippen LogP contribution in [0, 0.1) is 23.2 Å². The van der Waals surface area contributed by atoms with E-state index in [-0.39, 0.29) is 30.5 Å². The van der Waals surface area contributed by atoms with Gasteiger partial charge in [-0.2, -0.15) is 4.57 Å². The van der Waals surface area contributed by atoms with E-state index < -0.39 is 0 Å². The van der Waals surface area contributed by atoms with Gasteiger partial charge in [-0.05, 0) is 92.2 Å². The highest BCUT2D eigenvalue weighted by molar-refractivity contribution is 6.19. The van der Waals surface area contributed by atoms with Crippen molar-refractivity contribution in [3.8, 4) is 17.2 Å². The summed E-state index contributed by atoms with van der Waals surface area (Å²) in [5, 5.41) is 9.16. The van der Waals surface area contributed by atoms with Crippen LogP contribution in [0.5, 0.6) is 17.2 Å². The van der Waals surface area contributed by atoms with Crippen LogP contribution in [0.4, 0.5) is 5.69 Å². The van der Waals surface area contributed by atoms with Crippen molar-refractivity contribution in [3.05, 3.63) is 42.1 Å². The average Bonchev–Trinajstić information content (AvgIpc) is 3.39. The fourth-order valence-electron chi connectivity index (χ4n) is 9.19. The molecule has 0 unspecified atom stereocenters. The minimum absolute atomic E-state index is 0. The number of ether oxygens (including phenoxy) is 3. The Balaban J connectivity index is 0.00000235. The number of amides is 1. The number of nitrogens with one attached hydrogen (secondary N) is 1. The standard InChI is InChI=1S/C32H30N2O4.ClH/c1-36-25-5-4-21-22-2-3-23-27-20(11-26-30(23)38-16-37-26)6-7-34(29(22)27)15-24(21)28(25)33-31(35)32-12-17-8-18(13-32)10-19(9-17)14-32;/h2-5,11,15,17-19H,6-10,12-14,16H2,1H3;1H. The Labute approximate surface area is 233 Å². The van der Waals surface area contributed by atoms with Crippen molar-refractivity contribution in [2.45, 2.75) is 51.5 Å². The van der Waals surface area contributed by atoms with Crippen LogP contribution in [0.3, 0.4) is 0 Å². The quantitative estimate of drug-likeness (QED) is 0.319. The predicted octanol–water partition coefficient (Wildman–Crippen LogP) is 2.89. The Hall–Kier alpha value is -3.25. The summed E-state index contributed by atoms with van der Waals surface area (Å²) < 4.78 is 19.8. The number of nitrogens with zero attached hydrogens (tertiary/aromatic N) is 1. The lowest BCUT2D eigenvalue weighted by Gasteiger charge is -2.55. The summed E-state index contributed by atoms with van der Waals surface area (Å²) >= 11 is 0. The lowest BCUT2D eigenvalue weighted by atomic mass is 9.49. The first-order valence-corrected chi connectivity index (χ1v) is 14.1. The summed E-state index contributed by atoms with van der Waals surface area (Å²) in [5.41, 5.74) is 3.12. The molecule has 4 bridgehead atoms. The normalized spacial score (nSPS) is 27.4. The van der Waals surface area contributed by atoms with Gasteiger partial charge in [0.15, 0.2) is 24.2 Å². The molecule has 4 saturated carbocycles. The maximum absolute atomic E-state index is 14.1. The molecule has 0 saturated heterocycles. The summed E-state index contributed by atoms with van der Waals surface area (Å²) in [7, 11) is 1.70. The topological polar surface area (TPSA) is 60.7 Å². The third-order valence-electron chi connectivity index (χ3n) is 10.4. The number of hydrogen-bond donors (Lipinski definition) is 1. The van der Waals surface area contributed by atoms with Gasteiger partial charge >= 0.3 is 0 Å². The molecule has 200 valence electrons. The number of carbonyl (C=O) groups excluding carboxylic acids is 1. The molecule has 1 aromatic heterocycles. The molecular formula is C32H31ClN2O4. The Morgan fingerprint density at radius 1 is 0.974 bits per heavy atom. The van der Waals surface area contributed by atoms with E-state index in [1.54, 1.807) is 7.11 Å². The molecule has 0 spiro atoms. The van der Waals surface area contributed by atoms with E-state index >= 15 is 0 Å². The van der Waals surface area contributed by atoms with Crippen molar-refractivity contribution >= 4 is 44.0 Å². The van der Waals surface area contributed by atoms with Crippen LogP contribution >= 0.6 is 0 Å². The van der Waals surface area contributed by atoms with Crippen molar-refractivity contribution in [2.75, 3.05) is 19.2 Å². The van der Waals surface area contributed by atoms with Gasteiger partial charge in [-0.15, -0.1) is 0 Å². The van der Waals surface area contributed by atoms with Crippen LogP contribution < -0.4 is 36.5 Å². The van der Waals surface area contributed by atoms with Gasteiger partial charge in [0.05, 0.1) is 34.4 Å². The van der Waals surface area contributed by atoms with Crippen LogP contribution in [-0.4, -0.2) is 19.8 Å². The summed E-state index contributed by atoms with van der Waals surface area (Å²) in [4.78, 5) is 14.1. The molecule has 4 aliphatic carbocycles. The summed E-state index contributed by atoms with van der Waals surface area (Å²) in [6, 6.07) is 10.7. The SMILES string of the molecule is COc1ccc2c(c[n+]3c4c2ccc2c5c(cc(c24)CC3)OCO5)c1NC(=O)C12CC3CC(CC(C3)C1)C2.[Cl-]. The van der Waals surface area contributed by atoms with Crippen LogP contribution in [-0.2, 0) is 17.8 Å². The molecule has 39 heavy (non-hydrogen) atoms. The minimum Gasteiger partial charge on any atom is -1.00 e. The van der Waals surface area contributed by atoms with E-state index in [2.05, 4.69) is 40.3 Å². The van der Waals surface area contributed by atoms with Gasteiger partial charge < -0.3 is 31.9 Å². The highest BCUT2D eigenvalue weighted by atomic mass is 35.5. The van der Waals surface area contributed by atoms with Gasteiger partial charge in [0.25, 0.3) is 0 Å². The molecule has 4 aromatic rings. The third-order valence-corrected chi connectivity index (χ3v) is 10.4. The minimum atomic E-state index is -0.215. The molecule has 3 aromatic carbocycles. The largest absolute Gasteiger partial charge is 1.00 e.